The summed E-state index contributed by atoms with van der Waals surface area (Å²) in [5.41, 5.74) is -1.56. The summed E-state index contributed by atoms with van der Waals surface area (Å²) in [7, 11) is -2.08. The summed E-state index contributed by atoms with van der Waals surface area (Å²) in [6.45, 7) is 18.3. The molecule has 0 radical (unpaired) electrons. The lowest BCUT2D eigenvalue weighted by Crippen LogP contribution is -2.59. The van der Waals surface area contributed by atoms with E-state index in [2.05, 4.69) is 33.9 Å². The predicted molar refractivity (Wildman–Crippen MR) is 126 cm³/mol. The molecule has 0 aromatic rings. The standard InChI is InChI=1S/C24H46O7Si/c1-21(2,3)30-20(26)13-18-12-19(31-32(8,9)22(4,5)6)15-24(29-18)16-23(7,27)14-17(28-24)10-11-25/h17-19,25,27H,10-16H2,1-9H3/t17-,18+,19-,23-,24-/m0/s1. The SMILES string of the molecule is CC(C)(C)OC(=O)C[C@H]1C[C@H](O[Si](C)(C)C(C)(C)C)C[C@@]2(C[C@@](C)(O)C[C@H](CCO)O2)O1. The topological polar surface area (TPSA) is 94.5 Å². The molecular weight excluding hydrogens is 428 g/mol. The Balaban J connectivity index is 2.29. The van der Waals surface area contributed by atoms with Gasteiger partial charge in [0, 0.05) is 25.9 Å². The molecule has 32 heavy (non-hydrogen) atoms. The molecule has 188 valence electrons. The molecule has 2 saturated heterocycles. The number of hydrogen-bond donors (Lipinski definition) is 2. The van der Waals surface area contributed by atoms with Crippen molar-refractivity contribution in [2.75, 3.05) is 6.61 Å². The van der Waals surface area contributed by atoms with Gasteiger partial charge >= 0.3 is 5.97 Å². The lowest BCUT2D eigenvalue weighted by atomic mass is 9.81. The molecule has 0 aromatic carbocycles. The third-order valence-electron chi connectivity index (χ3n) is 6.68. The van der Waals surface area contributed by atoms with E-state index in [1.54, 1.807) is 6.92 Å². The van der Waals surface area contributed by atoms with E-state index in [-0.39, 0.29) is 36.2 Å². The van der Waals surface area contributed by atoms with Gasteiger partial charge in [0.15, 0.2) is 14.1 Å². The minimum Gasteiger partial charge on any atom is -0.460 e. The quantitative estimate of drug-likeness (QED) is 0.438. The van der Waals surface area contributed by atoms with Crippen molar-refractivity contribution in [1.82, 2.24) is 0 Å². The third kappa shape index (κ3) is 7.77. The van der Waals surface area contributed by atoms with Crippen LogP contribution in [0.4, 0.5) is 0 Å². The smallest absolute Gasteiger partial charge is 0.308 e. The van der Waals surface area contributed by atoms with Crippen molar-refractivity contribution in [2.24, 2.45) is 0 Å². The normalized spacial score (nSPS) is 34.5. The number of carbonyl (C=O) groups excluding carboxylic acids is 1. The average Bonchev–Trinajstić information content (AvgIpc) is 2.48. The Bertz CT molecular complexity index is 650. The van der Waals surface area contributed by atoms with E-state index in [4.69, 9.17) is 18.6 Å². The molecule has 0 aliphatic carbocycles. The van der Waals surface area contributed by atoms with Crippen LogP contribution in [0, 0.1) is 0 Å². The molecule has 7 nitrogen and oxygen atoms in total. The lowest BCUT2D eigenvalue weighted by Gasteiger charge is -2.53. The van der Waals surface area contributed by atoms with Gasteiger partial charge in [-0.15, -0.1) is 0 Å². The Morgan fingerprint density at radius 2 is 1.69 bits per heavy atom. The Kier molecular flexibility index (Phi) is 8.34. The van der Waals surface area contributed by atoms with E-state index >= 15 is 0 Å². The van der Waals surface area contributed by atoms with Crippen LogP contribution in [-0.2, 0) is 23.4 Å². The molecular formula is C24H46O7Si. The van der Waals surface area contributed by atoms with Crippen molar-refractivity contribution in [3.8, 4) is 0 Å². The molecule has 1 spiro atoms. The van der Waals surface area contributed by atoms with Crippen LogP contribution in [0.25, 0.3) is 0 Å². The van der Waals surface area contributed by atoms with Gasteiger partial charge < -0.3 is 28.8 Å². The van der Waals surface area contributed by atoms with E-state index in [1.807, 2.05) is 20.8 Å². The molecule has 2 fully saturated rings. The van der Waals surface area contributed by atoms with Crippen LogP contribution in [0.2, 0.25) is 18.1 Å². The van der Waals surface area contributed by atoms with Gasteiger partial charge in [0.25, 0.3) is 0 Å². The molecule has 0 amide bonds. The van der Waals surface area contributed by atoms with Gasteiger partial charge in [0.05, 0.1) is 30.3 Å². The molecule has 0 aromatic heterocycles. The molecule has 0 bridgehead atoms. The number of aliphatic hydroxyl groups is 2. The van der Waals surface area contributed by atoms with Gasteiger partial charge in [-0.05, 0) is 58.7 Å². The highest BCUT2D eigenvalue weighted by atomic mass is 28.4. The van der Waals surface area contributed by atoms with Crippen molar-refractivity contribution >= 4 is 14.3 Å². The first kappa shape index (κ1) is 27.7. The van der Waals surface area contributed by atoms with Crippen LogP contribution in [0.5, 0.6) is 0 Å². The van der Waals surface area contributed by atoms with Gasteiger partial charge in [-0.3, -0.25) is 4.79 Å². The fourth-order valence-corrected chi connectivity index (χ4v) is 5.89. The van der Waals surface area contributed by atoms with Crippen LogP contribution in [0.1, 0.15) is 87.0 Å². The van der Waals surface area contributed by atoms with E-state index in [1.165, 1.54) is 0 Å². The number of rotatable bonds is 6. The fourth-order valence-electron chi connectivity index (χ4n) is 4.53. The summed E-state index contributed by atoms with van der Waals surface area (Å²) < 4.78 is 25.1. The van der Waals surface area contributed by atoms with Crippen molar-refractivity contribution in [1.29, 1.82) is 0 Å². The monoisotopic (exact) mass is 474 g/mol. The first-order valence-electron chi connectivity index (χ1n) is 11.9. The lowest BCUT2D eigenvalue weighted by molar-refractivity contribution is -0.349. The number of aliphatic hydroxyl groups excluding tert-OH is 1. The number of carbonyl (C=O) groups is 1. The summed E-state index contributed by atoms with van der Waals surface area (Å²) >= 11 is 0. The van der Waals surface area contributed by atoms with E-state index < -0.39 is 31.4 Å². The second-order valence-electron chi connectivity index (χ2n) is 12.5. The average molecular weight is 475 g/mol. The van der Waals surface area contributed by atoms with Crippen LogP contribution < -0.4 is 0 Å². The van der Waals surface area contributed by atoms with E-state index in [9.17, 15) is 15.0 Å². The second kappa shape index (κ2) is 9.62. The maximum Gasteiger partial charge on any atom is 0.308 e. The van der Waals surface area contributed by atoms with Crippen LogP contribution in [0.3, 0.4) is 0 Å². The highest BCUT2D eigenvalue weighted by molar-refractivity contribution is 6.74. The molecule has 0 saturated carbocycles. The third-order valence-corrected chi connectivity index (χ3v) is 11.2. The summed E-state index contributed by atoms with van der Waals surface area (Å²) in [6, 6.07) is 0. The van der Waals surface area contributed by atoms with Gasteiger partial charge in [0.2, 0.25) is 0 Å². The predicted octanol–water partition coefficient (Wildman–Crippen LogP) is 4.30. The van der Waals surface area contributed by atoms with E-state index in [0.717, 1.165) is 0 Å². The fraction of sp³-hybridized carbons (Fsp3) is 0.958. The molecule has 5 atom stereocenters. The maximum atomic E-state index is 12.6. The minimum atomic E-state index is -2.08. The van der Waals surface area contributed by atoms with Crippen molar-refractivity contribution in [3.63, 3.8) is 0 Å². The highest BCUT2D eigenvalue weighted by Crippen LogP contribution is 2.47. The van der Waals surface area contributed by atoms with Crippen LogP contribution >= 0.6 is 0 Å². The summed E-state index contributed by atoms with van der Waals surface area (Å²) in [6.07, 6.45) is 1.41. The van der Waals surface area contributed by atoms with Crippen molar-refractivity contribution < 1.29 is 33.6 Å². The highest BCUT2D eigenvalue weighted by Gasteiger charge is 2.53. The zero-order valence-corrected chi connectivity index (χ0v) is 22.6. The Morgan fingerprint density at radius 3 is 2.22 bits per heavy atom. The Hall–Kier alpha value is -0.513. The molecule has 2 aliphatic rings. The molecule has 0 unspecified atom stereocenters. The largest absolute Gasteiger partial charge is 0.460 e. The Labute approximate surface area is 195 Å². The molecule has 8 heteroatoms. The summed E-state index contributed by atoms with van der Waals surface area (Å²) in [5, 5.41) is 20.5. The first-order valence-corrected chi connectivity index (χ1v) is 14.8. The van der Waals surface area contributed by atoms with Gasteiger partial charge in [-0.2, -0.15) is 0 Å². The molecule has 2 aliphatic heterocycles. The first-order chi connectivity index (χ1) is 14.4. The van der Waals surface area contributed by atoms with Crippen molar-refractivity contribution in [2.45, 2.75) is 140 Å². The van der Waals surface area contributed by atoms with Crippen LogP contribution in [-0.4, -0.2) is 66.4 Å². The van der Waals surface area contributed by atoms with Crippen molar-refractivity contribution in [3.05, 3.63) is 0 Å². The van der Waals surface area contributed by atoms with Gasteiger partial charge in [-0.25, -0.2) is 0 Å². The Morgan fingerprint density at radius 1 is 1.09 bits per heavy atom. The molecule has 2 N–H and O–H groups in total. The van der Waals surface area contributed by atoms with E-state index in [0.29, 0.717) is 32.1 Å². The molecule has 2 heterocycles. The summed E-state index contributed by atoms with van der Waals surface area (Å²) in [5.74, 6) is -1.38. The minimum absolute atomic E-state index is 0.0257. The van der Waals surface area contributed by atoms with Gasteiger partial charge in [0.1, 0.15) is 5.60 Å². The molecule has 2 rings (SSSR count). The number of ether oxygens (including phenoxy) is 3. The number of hydrogen-bond acceptors (Lipinski definition) is 7. The zero-order valence-electron chi connectivity index (χ0n) is 21.6. The van der Waals surface area contributed by atoms with Gasteiger partial charge in [-0.1, -0.05) is 20.8 Å². The zero-order chi connectivity index (χ0) is 24.6. The second-order valence-corrected chi connectivity index (χ2v) is 17.3. The number of esters is 1. The summed E-state index contributed by atoms with van der Waals surface area (Å²) in [4.78, 5) is 12.6. The van der Waals surface area contributed by atoms with Crippen LogP contribution in [0.15, 0.2) is 0 Å². The maximum absolute atomic E-state index is 12.6.